The van der Waals surface area contributed by atoms with Gasteiger partial charge in [0.15, 0.2) is 0 Å². The van der Waals surface area contributed by atoms with Crippen molar-refractivity contribution in [3.63, 3.8) is 0 Å². The Labute approximate surface area is 168 Å². The second kappa shape index (κ2) is 8.00. The molecule has 1 heterocycles. The summed E-state index contributed by atoms with van der Waals surface area (Å²) in [5.41, 5.74) is 5.54. The van der Waals surface area contributed by atoms with Gasteiger partial charge < -0.3 is 15.0 Å². The largest absolute Gasteiger partial charge is 0.492 e. The molecule has 0 spiro atoms. The van der Waals surface area contributed by atoms with Gasteiger partial charge in [-0.05, 0) is 79.0 Å². The first-order chi connectivity index (χ1) is 13.5. The Bertz CT molecular complexity index is 913. The van der Waals surface area contributed by atoms with Crippen LogP contribution in [-0.4, -0.2) is 24.2 Å². The molecule has 1 fully saturated rings. The van der Waals surface area contributed by atoms with Crippen molar-refractivity contribution in [2.75, 3.05) is 13.2 Å². The van der Waals surface area contributed by atoms with Crippen LogP contribution in [0.15, 0.2) is 48.7 Å². The van der Waals surface area contributed by atoms with Gasteiger partial charge in [-0.1, -0.05) is 32.0 Å². The molecule has 1 saturated carbocycles. The first kappa shape index (κ1) is 19.1. The molecule has 3 nitrogen and oxygen atoms in total. The lowest BCUT2D eigenvalue weighted by molar-refractivity contribution is 0.200. The summed E-state index contributed by atoms with van der Waals surface area (Å²) in [6, 6.07) is 15.6. The van der Waals surface area contributed by atoms with Crippen molar-refractivity contribution < 1.29 is 4.74 Å². The molecule has 2 aromatic carbocycles. The zero-order valence-corrected chi connectivity index (χ0v) is 17.3. The Morgan fingerprint density at radius 2 is 1.79 bits per heavy atom. The van der Waals surface area contributed by atoms with E-state index >= 15 is 0 Å². The van der Waals surface area contributed by atoms with Crippen LogP contribution in [0.1, 0.15) is 45.1 Å². The van der Waals surface area contributed by atoms with E-state index in [1.807, 2.05) is 6.20 Å². The quantitative estimate of drug-likeness (QED) is 0.512. The molecule has 4 rings (SSSR count). The van der Waals surface area contributed by atoms with Crippen molar-refractivity contribution in [1.29, 1.82) is 0 Å². The van der Waals surface area contributed by atoms with Gasteiger partial charge in [0.05, 0.1) is 0 Å². The summed E-state index contributed by atoms with van der Waals surface area (Å²) in [7, 11) is 0. The third-order valence-corrected chi connectivity index (χ3v) is 6.31. The minimum Gasteiger partial charge on any atom is -0.492 e. The Hall–Kier alpha value is -2.26. The van der Waals surface area contributed by atoms with Crippen LogP contribution in [-0.2, 0) is 0 Å². The Kier molecular flexibility index (Phi) is 5.45. The summed E-state index contributed by atoms with van der Waals surface area (Å²) in [5.74, 6) is 0.940. The van der Waals surface area contributed by atoms with Gasteiger partial charge in [0.1, 0.15) is 12.4 Å². The molecule has 3 aromatic rings. The van der Waals surface area contributed by atoms with Crippen molar-refractivity contribution in [2.45, 2.75) is 52.5 Å². The van der Waals surface area contributed by atoms with E-state index in [-0.39, 0.29) is 0 Å². The standard InChI is InChI=1S/C25H32N2O/c1-18-22(8-9-24-23(18)12-15-27-24)19-4-6-21(7-5-19)28-17-16-26-20-10-13-25(2,3)14-11-20/h4-9,12,15,20,26-27H,10-11,13-14,16-17H2,1-3H3. The van der Waals surface area contributed by atoms with Crippen LogP contribution in [0.2, 0.25) is 0 Å². The normalized spacial score (nSPS) is 17.1. The minimum absolute atomic E-state index is 0.528. The highest BCUT2D eigenvalue weighted by Crippen LogP contribution is 2.35. The Morgan fingerprint density at radius 3 is 2.54 bits per heavy atom. The second-order valence-corrected chi connectivity index (χ2v) is 8.94. The fourth-order valence-corrected chi connectivity index (χ4v) is 4.36. The molecule has 2 N–H and O–H groups in total. The topological polar surface area (TPSA) is 37.0 Å². The Balaban J connectivity index is 1.29. The predicted octanol–water partition coefficient (Wildman–Crippen LogP) is 6.08. The number of aryl methyl sites for hydroxylation is 1. The highest BCUT2D eigenvalue weighted by Gasteiger charge is 2.26. The van der Waals surface area contributed by atoms with Crippen LogP contribution in [0.5, 0.6) is 5.75 Å². The third-order valence-electron chi connectivity index (χ3n) is 6.31. The van der Waals surface area contributed by atoms with Crippen LogP contribution in [0.25, 0.3) is 22.0 Å². The van der Waals surface area contributed by atoms with Crippen molar-refractivity contribution in [3.05, 3.63) is 54.2 Å². The third kappa shape index (κ3) is 4.25. The number of benzene rings is 2. The molecular weight excluding hydrogens is 344 g/mol. The van der Waals surface area contributed by atoms with E-state index in [9.17, 15) is 0 Å². The van der Waals surface area contributed by atoms with Crippen molar-refractivity contribution in [2.24, 2.45) is 5.41 Å². The molecule has 1 aliphatic carbocycles. The summed E-state index contributed by atoms with van der Waals surface area (Å²) in [4.78, 5) is 3.28. The molecule has 1 aromatic heterocycles. The smallest absolute Gasteiger partial charge is 0.119 e. The average Bonchev–Trinajstić information content (AvgIpc) is 3.17. The summed E-state index contributed by atoms with van der Waals surface area (Å²) in [6.45, 7) is 8.58. The summed E-state index contributed by atoms with van der Waals surface area (Å²) in [5, 5.41) is 4.95. The molecule has 0 amide bonds. The van der Waals surface area contributed by atoms with Crippen LogP contribution < -0.4 is 10.1 Å². The number of aromatic amines is 1. The maximum absolute atomic E-state index is 5.95. The lowest BCUT2D eigenvalue weighted by Crippen LogP contribution is -2.37. The zero-order chi connectivity index (χ0) is 19.6. The number of aromatic nitrogens is 1. The number of ether oxygens (including phenoxy) is 1. The number of nitrogens with one attached hydrogen (secondary N) is 2. The van der Waals surface area contributed by atoms with E-state index < -0.39 is 0 Å². The van der Waals surface area contributed by atoms with Gasteiger partial charge in [-0.3, -0.25) is 0 Å². The number of hydrogen-bond donors (Lipinski definition) is 2. The molecular formula is C25H32N2O. The van der Waals surface area contributed by atoms with Gasteiger partial charge in [0, 0.05) is 29.7 Å². The highest BCUT2D eigenvalue weighted by molar-refractivity contribution is 5.89. The van der Waals surface area contributed by atoms with Gasteiger partial charge in [-0.25, -0.2) is 0 Å². The first-order valence-corrected chi connectivity index (χ1v) is 10.6. The average molecular weight is 377 g/mol. The molecule has 1 aliphatic rings. The van der Waals surface area contributed by atoms with Crippen molar-refractivity contribution in [1.82, 2.24) is 10.3 Å². The van der Waals surface area contributed by atoms with Crippen molar-refractivity contribution in [3.8, 4) is 16.9 Å². The molecule has 0 radical (unpaired) electrons. The molecule has 0 unspecified atom stereocenters. The van der Waals surface area contributed by atoms with Gasteiger partial charge in [-0.2, -0.15) is 0 Å². The molecule has 3 heteroatoms. The highest BCUT2D eigenvalue weighted by atomic mass is 16.5. The van der Waals surface area contributed by atoms with Gasteiger partial charge >= 0.3 is 0 Å². The molecule has 148 valence electrons. The van der Waals surface area contributed by atoms with Crippen LogP contribution in [0.3, 0.4) is 0 Å². The monoisotopic (exact) mass is 376 g/mol. The lowest BCUT2D eigenvalue weighted by atomic mass is 9.75. The molecule has 0 atom stereocenters. The van der Waals surface area contributed by atoms with Crippen molar-refractivity contribution >= 4 is 10.9 Å². The molecule has 0 saturated heterocycles. The van der Waals surface area contributed by atoms with E-state index in [1.54, 1.807) is 0 Å². The maximum atomic E-state index is 5.95. The SMILES string of the molecule is Cc1c(-c2ccc(OCCNC3CCC(C)(C)CC3)cc2)ccc2[nH]ccc12. The maximum Gasteiger partial charge on any atom is 0.119 e. The van der Waals surface area contributed by atoms with E-state index in [0.717, 1.165) is 12.3 Å². The van der Waals surface area contributed by atoms with Gasteiger partial charge in [0.25, 0.3) is 0 Å². The minimum atomic E-state index is 0.528. The zero-order valence-electron chi connectivity index (χ0n) is 17.3. The summed E-state index contributed by atoms with van der Waals surface area (Å²) >= 11 is 0. The van der Waals surface area contributed by atoms with Crippen LogP contribution in [0, 0.1) is 12.3 Å². The fraction of sp³-hybridized carbons (Fsp3) is 0.440. The molecule has 28 heavy (non-hydrogen) atoms. The number of rotatable bonds is 6. The van der Waals surface area contributed by atoms with Gasteiger partial charge in [0.2, 0.25) is 0 Å². The van der Waals surface area contributed by atoms with Crippen LogP contribution >= 0.6 is 0 Å². The second-order valence-electron chi connectivity index (χ2n) is 8.94. The first-order valence-electron chi connectivity index (χ1n) is 10.6. The van der Waals surface area contributed by atoms with E-state index in [1.165, 1.54) is 53.3 Å². The van der Waals surface area contributed by atoms with Crippen LogP contribution in [0.4, 0.5) is 0 Å². The van der Waals surface area contributed by atoms with E-state index in [2.05, 4.69) is 73.5 Å². The number of hydrogen-bond acceptors (Lipinski definition) is 2. The van der Waals surface area contributed by atoms with Gasteiger partial charge in [-0.15, -0.1) is 0 Å². The molecule has 0 bridgehead atoms. The predicted molar refractivity (Wildman–Crippen MR) is 118 cm³/mol. The van der Waals surface area contributed by atoms with E-state index in [4.69, 9.17) is 4.74 Å². The lowest BCUT2D eigenvalue weighted by Gasteiger charge is -2.34. The molecule has 0 aliphatic heterocycles. The fourth-order valence-electron chi connectivity index (χ4n) is 4.36. The Morgan fingerprint density at radius 1 is 1.04 bits per heavy atom. The summed E-state index contributed by atoms with van der Waals surface area (Å²) < 4.78 is 5.95. The summed E-state index contributed by atoms with van der Waals surface area (Å²) in [6.07, 6.45) is 7.21. The van der Waals surface area contributed by atoms with E-state index in [0.29, 0.717) is 18.1 Å². The number of H-pyrrole nitrogens is 1. The number of fused-ring (bicyclic) bond motifs is 1.